The van der Waals surface area contributed by atoms with Crippen molar-refractivity contribution in [2.24, 2.45) is 5.92 Å². The third kappa shape index (κ3) is 7.04. The second kappa shape index (κ2) is 7.98. The van der Waals surface area contributed by atoms with Crippen LogP contribution in [0.25, 0.3) is 0 Å². The van der Waals surface area contributed by atoms with Gasteiger partial charge < -0.3 is 10.4 Å². The van der Waals surface area contributed by atoms with Gasteiger partial charge in [-0.1, -0.05) is 19.1 Å². The molecule has 0 aliphatic rings. The first kappa shape index (κ1) is 16.6. The lowest BCUT2D eigenvalue weighted by Gasteiger charge is -2.07. The molecule has 0 aliphatic heterocycles. The molecule has 0 unspecified atom stereocenters. The van der Waals surface area contributed by atoms with Crippen molar-refractivity contribution in [1.82, 2.24) is 25.6 Å². The van der Waals surface area contributed by atoms with Crippen molar-refractivity contribution in [2.45, 2.75) is 33.2 Å². The number of amides is 3. The summed E-state index contributed by atoms with van der Waals surface area (Å²) in [6.07, 6.45) is 1.91. The van der Waals surface area contributed by atoms with E-state index in [9.17, 15) is 14.4 Å². The molecule has 1 rings (SSSR count). The van der Waals surface area contributed by atoms with E-state index in [2.05, 4.69) is 20.9 Å². The Kier molecular flexibility index (Phi) is 6.31. The van der Waals surface area contributed by atoms with Crippen molar-refractivity contribution in [3.63, 3.8) is 0 Å². The van der Waals surface area contributed by atoms with E-state index in [1.54, 1.807) is 0 Å². The van der Waals surface area contributed by atoms with E-state index in [0.717, 1.165) is 6.42 Å². The molecule has 21 heavy (non-hydrogen) atoms. The number of carboxylic acid groups (broad SMARTS) is 1. The standard InChI is InChI=1S/C12H19N5O4/c1-8(2)3-4-13-12(21)14-10(18)7-17-6-9(15-16-17)5-11(19)20/h6,8H,3-5,7H2,1-2H3,(H,19,20)(H2,13,14,18,21). The summed E-state index contributed by atoms with van der Waals surface area (Å²) in [6.45, 7) is 4.35. The minimum Gasteiger partial charge on any atom is -0.481 e. The van der Waals surface area contributed by atoms with E-state index in [4.69, 9.17) is 5.11 Å². The van der Waals surface area contributed by atoms with Crippen LogP contribution in [0.2, 0.25) is 0 Å². The number of urea groups is 1. The Labute approximate surface area is 121 Å². The van der Waals surface area contributed by atoms with Gasteiger partial charge in [-0.3, -0.25) is 14.9 Å². The highest BCUT2D eigenvalue weighted by Gasteiger charge is 2.11. The molecule has 0 aromatic carbocycles. The normalized spacial score (nSPS) is 10.4. The first-order valence-electron chi connectivity index (χ1n) is 6.55. The largest absolute Gasteiger partial charge is 0.481 e. The lowest BCUT2D eigenvalue weighted by atomic mass is 10.1. The van der Waals surface area contributed by atoms with Crippen LogP contribution >= 0.6 is 0 Å². The minimum atomic E-state index is -1.03. The quantitative estimate of drug-likeness (QED) is 0.638. The fourth-order valence-corrected chi connectivity index (χ4v) is 1.48. The smallest absolute Gasteiger partial charge is 0.321 e. The van der Waals surface area contributed by atoms with E-state index in [1.165, 1.54) is 10.9 Å². The Morgan fingerprint density at radius 1 is 1.38 bits per heavy atom. The maximum Gasteiger partial charge on any atom is 0.321 e. The van der Waals surface area contributed by atoms with Crippen molar-refractivity contribution in [2.75, 3.05) is 6.54 Å². The monoisotopic (exact) mass is 297 g/mol. The number of rotatable bonds is 7. The Morgan fingerprint density at radius 3 is 2.71 bits per heavy atom. The lowest BCUT2D eigenvalue weighted by Crippen LogP contribution is -2.41. The molecule has 1 aromatic heterocycles. The summed E-state index contributed by atoms with van der Waals surface area (Å²) < 4.78 is 1.18. The molecule has 0 saturated carbocycles. The molecule has 1 heterocycles. The third-order valence-electron chi connectivity index (χ3n) is 2.48. The van der Waals surface area contributed by atoms with E-state index in [0.29, 0.717) is 12.5 Å². The number of aliphatic carboxylic acids is 1. The van der Waals surface area contributed by atoms with Crippen molar-refractivity contribution < 1.29 is 19.5 Å². The lowest BCUT2D eigenvalue weighted by molar-refractivity contribution is -0.136. The van der Waals surface area contributed by atoms with Crippen molar-refractivity contribution in [1.29, 1.82) is 0 Å². The Balaban J connectivity index is 2.34. The number of carbonyl (C=O) groups excluding carboxylic acids is 2. The number of carbonyl (C=O) groups is 3. The van der Waals surface area contributed by atoms with Gasteiger partial charge in [-0.25, -0.2) is 9.48 Å². The minimum absolute atomic E-state index is 0.204. The molecule has 3 amide bonds. The van der Waals surface area contributed by atoms with Gasteiger partial charge in [-0.05, 0) is 12.3 Å². The first-order chi connectivity index (χ1) is 9.86. The fraction of sp³-hybridized carbons (Fsp3) is 0.583. The van der Waals surface area contributed by atoms with Gasteiger partial charge in [-0.2, -0.15) is 0 Å². The Bertz CT molecular complexity index is 512. The van der Waals surface area contributed by atoms with Crippen LogP contribution in [-0.2, 0) is 22.6 Å². The highest BCUT2D eigenvalue weighted by molar-refractivity contribution is 5.94. The van der Waals surface area contributed by atoms with Crippen LogP contribution in [0.3, 0.4) is 0 Å². The first-order valence-corrected chi connectivity index (χ1v) is 6.55. The van der Waals surface area contributed by atoms with Gasteiger partial charge in [0.25, 0.3) is 0 Å². The highest BCUT2D eigenvalue weighted by Crippen LogP contribution is 1.96. The molecule has 9 heteroatoms. The number of hydrogen-bond acceptors (Lipinski definition) is 5. The number of imide groups is 1. The molecule has 0 radical (unpaired) electrons. The van der Waals surface area contributed by atoms with E-state index >= 15 is 0 Å². The van der Waals surface area contributed by atoms with Gasteiger partial charge >= 0.3 is 12.0 Å². The number of nitrogens with one attached hydrogen (secondary N) is 2. The third-order valence-corrected chi connectivity index (χ3v) is 2.48. The number of aromatic nitrogens is 3. The summed E-state index contributed by atoms with van der Waals surface area (Å²) in [6, 6.07) is -0.563. The summed E-state index contributed by atoms with van der Waals surface area (Å²) in [5, 5.41) is 20.5. The van der Waals surface area contributed by atoms with Crippen LogP contribution in [0.1, 0.15) is 26.0 Å². The number of nitrogens with zero attached hydrogens (tertiary/aromatic N) is 3. The molecular weight excluding hydrogens is 278 g/mol. The van der Waals surface area contributed by atoms with Gasteiger partial charge in [0.1, 0.15) is 6.54 Å². The van der Waals surface area contributed by atoms with Crippen LogP contribution in [0, 0.1) is 5.92 Å². The molecule has 0 bridgehead atoms. The zero-order valence-electron chi connectivity index (χ0n) is 12.0. The number of hydrogen-bond donors (Lipinski definition) is 3. The van der Waals surface area contributed by atoms with Crippen molar-refractivity contribution in [3.8, 4) is 0 Å². The predicted octanol–water partition coefficient (Wildman–Crippen LogP) is -0.223. The summed E-state index contributed by atoms with van der Waals surface area (Å²) in [5.41, 5.74) is 0.247. The molecule has 0 spiro atoms. The summed E-state index contributed by atoms with van der Waals surface area (Å²) in [5.74, 6) is -1.12. The van der Waals surface area contributed by atoms with E-state index < -0.39 is 17.9 Å². The van der Waals surface area contributed by atoms with Crippen LogP contribution < -0.4 is 10.6 Å². The number of carboxylic acids is 1. The van der Waals surface area contributed by atoms with Gasteiger partial charge in [0.15, 0.2) is 0 Å². The maximum atomic E-state index is 11.6. The molecule has 116 valence electrons. The average molecular weight is 297 g/mol. The molecule has 3 N–H and O–H groups in total. The Hall–Kier alpha value is -2.45. The van der Waals surface area contributed by atoms with Crippen molar-refractivity contribution in [3.05, 3.63) is 11.9 Å². The second-order valence-electron chi connectivity index (χ2n) is 4.96. The molecule has 0 saturated heterocycles. The van der Waals surface area contributed by atoms with Gasteiger partial charge in [0.2, 0.25) is 5.91 Å². The maximum absolute atomic E-state index is 11.6. The molecular formula is C12H19N5O4. The molecule has 0 aliphatic carbocycles. The summed E-state index contributed by atoms with van der Waals surface area (Å²) in [4.78, 5) is 33.5. The topological polar surface area (TPSA) is 126 Å². The SMILES string of the molecule is CC(C)CCNC(=O)NC(=O)Cn1cc(CC(=O)O)nn1. The van der Waals surface area contributed by atoms with Crippen LogP contribution in [0.15, 0.2) is 6.20 Å². The van der Waals surface area contributed by atoms with E-state index in [1.807, 2.05) is 13.8 Å². The molecule has 9 nitrogen and oxygen atoms in total. The van der Waals surface area contributed by atoms with Gasteiger partial charge in [0.05, 0.1) is 12.1 Å². The van der Waals surface area contributed by atoms with Crippen LogP contribution in [0.4, 0.5) is 4.79 Å². The second-order valence-corrected chi connectivity index (χ2v) is 4.96. The average Bonchev–Trinajstić information content (AvgIpc) is 2.74. The summed E-state index contributed by atoms with van der Waals surface area (Å²) in [7, 11) is 0. The summed E-state index contributed by atoms with van der Waals surface area (Å²) >= 11 is 0. The molecule has 0 atom stereocenters. The van der Waals surface area contributed by atoms with Gasteiger partial charge in [0, 0.05) is 12.7 Å². The van der Waals surface area contributed by atoms with E-state index in [-0.39, 0.29) is 18.7 Å². The zero-order chi connectivity index (χ0) is 15.8. The molecule has 0 fully saturated rings. The van der Waals surface area contributed by atoms with Crippen molar-refractivity contribution >= 4 is 17.9 Å². The highest BCUT2D eigenvalue weighted by atomic mass is 16.4. The van der Waals surface area contributed by atoms with Crippen LogP contribution in [0.5, 0.6) is 0 Å². The van der Waals surface area contributed by atoms with Crippen LogP contribution in [-0.4, -0.2) is 44.6 Å². The Morgan fingerprint density at radius 2 is 2.10 bits per heavy atom. The predicted molar refractivity (Wildman–Crippen MR) is 72.4 cm³/mol. The zero-order valence-corrected chi connectivity index (χ0v) is 12.0. The fourth-order valence-electron chi connectivity index (χ4n) is 1.48. The van der Waals surface area contributed by atoms with Gasteiger partial charge in [-0.15, -0.1) is 5.10 Å². The molecule has 1 aromatic rings.